The van der Waals surface area contributed by atoms with Crippen LogP contribution in [-0.2, 0) is 0 Å². The highest BCUT2D eigenvalue weighted by Crippen LogP contribution is 2.21. The summed E-state index contributed by atoms with van der Waals surface area (Å²) in [4.78, 5) is 0. The van der Waals surface area contributed by atoms with E-state index in [1.54, 1.807) is 0 Å². The van der Waals surface area contributed by atoms with Crippen LogP contribution in [0.25, 0.3) is 0 Å². The van der Waals surface area contributed by atoms with Crippen LogP contribution < -0.4 is 5.32 Å². The van der Waals surface area contributed by atoms with Crippen LogP contribution in [0.3, 0.4) is 0 Å². The number of hydrogen-bond acceptors (Lipinski definition) is 1. The van der Waals surface area contributed by atoms with Crippen molar-refractivity contribution in [3.05, 3.63) is 37.0 Å². The third-order valence-electron chi connectivity index (χ3n) is 2.58. The zero-order chi connectivity index (χ0) is 11.5. The molecule has 1 heterocycles. The van der Waals surface area contributed by atoms with Gasteiger partial charge in [-0.2, -0.15) is 0 Å². The summed E-state index contributed by atoms with van der Waals surface area (Å²) >= 11 is 0. The first-order valence-electron chi connectivity index (χ1n) is 6.01. The fraction of sp³-hybridized carbons (Fsp3) is 0.571. The molecule has 1 aliphatic heterocycles. The quantitative estimate of drug-likeness (QED) is 0.693. The number of hydrogen-bond donors (Lipinski definition) is 1. The van der Waals surface area contributed by atoms with E-state index in [0.29, 0.717) is 0 Å². The molecule has 1 aliphatic rings. The third-order valence-corrected chi connectivity index (χ3v) is 2.58. The van der Waals surface area contributed by atoms with Gasteiger partial charge in [0.05, 0.1) is 0 Å². The molecule has 1 nitrogen and oxygen atoms in total. The lowest BCUT2D eigenvalue weighted by Crippen LogP contribution is -2.27. The average Bonchev–Trinajstić information content (AvgIpc) is 2.32. The Morgan fingerprint density at radius 2 is 1.87 bits per heavy atom. The summed E-state index contributed by atoms with van der Waals surface area (Å²) in [6.45, 7) is 13.9. The van der Waals surface area contributed by atoms with E-state index in [2.05, 4.69) is 24.6 Å². The Morgan fingerprint density at radius 1 is 1.27 bits per heavy atom. The highest BCUT2D eigenvalue weighted by atomic mass is 14.9. The van der Waals surface area contributed by atoms with Crippen molar-refractivity contribution in [3.8, 4) is 0 Å². The van der Waals surface area contributed by atoms with E-state index in [0.717, 1.165) is 12.3 Å². The van der Waals surface area contributed by atoms with Crippen molar-refractivity contribution in [3.63, 3.8) is 0 Å². The molecule has 0 spiro atoms. The Kier molecular flexibility index (Phi) is 9.19. The highest BCUT2D eigenvalue weighted by Gasteiger charge is 2.12. The van der Waals surface area contributed by atoms with Gasteiger partial charge >= 0.3 is 0 Å². The first kappa shape index (κ1) is 14.2. The third kappa shape index (κ3) is 6.29. The number of nitrogens with one attached hydrogen (secondary N) is 1. The van der Waals surface area contributed by atoms with Crippen molar-refractivity contribution < 1.29 is 0 Å². The van der Waals surface area contributed by atoms with E-state index in [1.165, 1.54) is 31.5 Å². The van der Waals surface area contributed by atoms with E-state index in [1.807, 2.05) is 26.0 Å². The smallest absolute Gasteiger partial charge is 0.00462 e. The SMILES string of the molecule is C=C/C=C(\C=C)CC1CCNCC1.CC. The molecule has 15 heavy (non-hydrogen) atoms. The van der Waals surface area contributed by atoms with Crippen LogP contribution in [0.2, 0.25) is 0 Å². The van der Waals surface area contributed by atoms with E-state index < -0.39 is 0 Å². The molecule has 1 fully saturated rings. The Morgan fingerprint density at radius 3 is 2.33 bits per heavy atom. The van der Waals surface area contributed by atoms with E-state index >= 15 is 0 Å². The van der Waals surface area contributed by atoms with Gasteiger partial charge in [0.2, 0.25) is 0 Å². The number of piperidine rings is 1. The van der Waals surface area contributed by atoms with E-state index in [-0.39, 0.29) is 0 Å². The molecule has 0 aromatic rings. The minimum absolute atomic E-state index is 0.838. The van der Waals surface area contributed by atoms with Gasteiger partial charge in [-0.25, -0.2) is 0 Å². The Balaban J connectivity index is 0.000000921. The lowest BCUT2D eigenvalue weighted by molar-refractivity contribution is 0.374. The van der Waals surface area contributed by atoms with Crippen molar-refractivity contribution in [2.24, 2.45) is 5.92 Å². The van der Waals surface area contributed by atoms with Gasteiger partial charge < -0.3 is 5.32 Å². The summed E-state index contributed by atoms with van der Waals surface area (Å²) < 4.78 is 0. The Bertz CT molecular complexity index is 197. The topological polar surface area (TPSA) is 12.0 Å². The van der Waals surface area contributed by atoms with Gasteiger partial charge in [-0.3, -0.25) is 0 Å². The second-order valence-electron chi connectivity index (χ2n) is 3.58. The highest BCUT2D eigenvalue weighted by molar-refractivity contribution is 5.21. The first-order valence-corrected chi connectivity index (χ1v) is 6.01. The summed E-state index contributed by atoms with van der Waals surface area (Å²) in [5.41, 5.74) is 1.32. The first-order chi connectivity index (χ1) is 7.36. The van der Waals surface area contributed by atoms with Gasteiger partial charge in [-0.1, -0.05) is 45.2 Å². The molecule has 0 atom stereocenters. The van der Waals surface area contributed by atoms with Crippen molar-refractivity contribution in [2.75, 3.05) is 13.1 Å². The van der Waals surface area contributed by atoms with Crippen LogP contribution >= 0.6 is 0 Å². The Labute approximate surface area is 95.0 Å². The van der Waals surface area contributed by atoms with Crippen LogP contribution in [0.4, 0.5) is 0 Å². The van der Waals surface area contributed by atoms with Crippen molar-refractivity contribution in [1.82, 2.24) is 5.32 Å². The minimum Gasteiger partial charge on any atom is -0.317 e. The molecule has 0 aliphatic carbocycles. The summed E-state index contributed by atoms with van der Waals surface area (Å²) in [6.07, 6.45) is 9.61. The molecule has 0 saturated carbocycles. The van der Waals surface area contributed by atoms with Gasteiger partial charge in [0, 0.05) is 0 Å². The van der Waals surface area contributed by atoms with Crippen LogP contribution in [0.1, 0.15) is 33.1 Å². The molecular formula is C14H25N. The molecule has 1 N–H and O–H groups in total. The molecule has 0 unspecified atom stereocenters. The second-order valence-corrected chi connectivity index (χ2v) is 3.58. The summed E-state index contributed by atoms with van der Waals surface area (Å²) in [6, 6.07) is 0. The molecule has 0 aromatic carbocycles. The lowest BCUT2D eigenvalue weighted by Gasteiger charge is -2.22. The molecule has 0 bridgehead atoms. The van der Waals surface area contributed by atoms with Gasteiger partial charge in [0.1, 0.15) is 0 Å². The van der Waals surface area contributed by atoms with Gasteiger partial charge in [-0.05, 0) is 43.8 Å². The predicted octanol–water partition coefficient (Wildman–Crippen LogP) is 3.70. The summed E-state index contributed by atoms with van der Waals surface area (Å²) in [5, 5.41) is 3.37. The second kappa shape index (κ2) is 9.72. The standard InChI is InChI=1S/C12H19N.C2H6/c1-3-5-11(4-2)10-12-6-8-13-9-7-12;1-2/h3-5,12-13H,1-2,6-10H2;1-2H3/b11-5+;. The summed E-state index contributed by atoms with van der Waals surface area (Å²) in [7, 11) is 0. The normalized spacial score (nSPS) is 17.6. The maximum atomic E-state index is 3.81. The number of rotatable bonds is 4. The van der Waals surface area contributed by atoms with Crippen LogP contribution in [-0.4, -0.2) is 13.1 Å². The van der Waals surface area contributed by atoms with Crippen LogP contribution in [0.15, 0.2) is 37.0 Å². The molecule has 1 rings (SSSR count). The van der Waals surface area contributed by atoms with Crippen LogP contribution in [0, 0.1) is 5.92 Å². The maximum Gasteiger partial charge on any atom is -0.00462 e. The van der Waals surface area contributed by atoms with Crippen LogP contribution in [0.5, 0.6) is 0 Å². The van der Waals surface area contributed by atoms with Crippen molar-refractivity contribution in [1.29, 1.82) is 0 Å². The number of allylic oxidation sites excluding steroid dienone is 4. The molecule has 0 aromatic heterocycles. The average molecular weight is 207 g/mol. The molecular weight excluding hydrogens is 182 g/mol. The fourth-order valence-corrected chi connectivity index (χ4v) is 1.79. The zero-order valence-corrected chi connectivity index (χ0v) is 10.3. The maximum absolute atomic E-state index is 3.81. The minimum atomic E-state index is 0.838. The predicted molar refractivity (Wildman–Crippen MR) is 70.0 cm³/mol. The molecule has 86 valence electrons. The zero-order valence-electron chi connectivity index (χ0n) is 10.3. The molecule has 1 heteroatoms. The van der Waals surface area contributed by atoms with Crippen molar-refractivity contribution >= 4 is 0 Å². The van der Waals surface area contributed by atoms with E-state index in [4.69, 9.17) is 0 Å². The van der Waals surface area contributed by atoms with E-state index in [9.17, 15) is 0 Å². The van der Waals surface area contributed by atoms with Gasteiger partial charge in [-0.15, -0.1) is 0 Å². The van der Waals surface area contributed by atoms with Gasteiger partial charge in [0.25, 0.3) is 0 Å². The van der Waals surface area contributed by atoms with Gasteiger partial charge in [0.15, 0.2) is 0 Å². The molecule has 0 amide bonds. The molecule has 0 radical (unpaired) electrons. The largest absolute Gasteiger partial charge is 0.317 e. The molecule has 1 saturated heterocycles. The fourth-order valence-electron chi connectivity index (χ4n) is 1.79. The Hall–Kier alpha value is -0.820. The lowest BCUT2D eigenvalue weighted by atomic mass is 9.91. The van der Waals surface area contributed by atoms with Crippen molar-refractivity contribution in [2.45, 2.75) is 33.1 Å². The summed E-state index contributed by atoms with van der Waals surface area (Å²) in [5.74, 6) is 0.838. The monoisotopic (exact) mass is 207 g/mol.